The van der Waals surface area contributed by atoms with Crippen LogP contribution in [-0.4, -0.2) is 21.1 Å². The van der Waals surface area contributed by atoms with E-state index in [9.17, 15) is 4.79 Å². The second kappa shape index (κ2) is 4.09. The second-order valence-corrected chi connectivity index (χ2v) is 3.82. The number of nitrogens with two attached hydrogens (primary N) is 1. The fourth-order valence-electron chi connectivity index (χ4n) is 1.68. The first-order valence-corrected chi connectivity index (χ1v) is 5.40. The lowest BCUT2D eigenvalue weighted by atomic mass is 10.3. The standard InChI is InChI=1S/C11H9N5O3/c1-5-13-8-6(3-2-4-7(8)18-5)14-10(12)9-11(17)16-19-15-9/h2-4H,1H3,(H2,12,14)(H,16,17). The van der Waals surface area contributed by atoms with Crippen LogP contribution < -0.4 is 11.3 Å². The third-order valence-corrected chi connectivity index (χ3v) is 2.48. The van der Waals surface area contributed by atoms with Gasteiger partial charge in [0.2, 0.25) is 5.69 Å². The van der Waals surface area contributed by atoms with Crippen LogP contribution in [0.3, 0.4) is 0 Å². The molecule has 0 bridgehead atoms. The number of aliphatic imine (C=N–C) groups is 1. The van der Waals surface area contributed by atoms with Crippen molar-refractivity contribution in [3.63, 3.8) is 0 Å². The van der Waals surface area contributed by atoms with Crippen molar-refractivity contribution < 1.29 is 9.05 Å². The SMILES string of the molecule is Cc1nc2c(N=C(N)c3no[nH]c3=O)cccc2o1. The van der Waals surface area contributed by atoms with E-state index in [2.05, 4.69) is 19.8 Å². The molecule has 0 atom stereocenters. The Morgan fingerprint density at radius 1 is 1.47 bits per heavy atom. The number of H-pyrrole nitrogens is 1. The molecule has 0 saturated carbocycles. The second-order valence-electron chi connectivity index (χ2n) is 3.82. The van der Waals surface area contributed by atoms with Crippen LogP contribution in [0.1, 0.15) is 11.6 Å². The van der Waals surface area contributed by atoms with E-state index in [0.29, 0.717) is 22.7 Å². The molecule has 0 fully saturated rings. The molecule has 19 heavy (non-hydrogen) atoms. The summed E-state index contributed by atoms with van der Waals surface area (Å²) in [4.78, 5) is 19.7. The summed E-state index contributed by atoms with van der Waals surface area (Å²) in [7, 11) is 0. The van der Waals surface area contributed by atoms with Crippen molar-refractivity contribution in [2.45, 2.75) is 6.92 Å². The minimum Gasteiger partial charge on any atom is -0.441 e. The molecule has 0 spiro atoms. The fourth-order valence-corrected chi connectivity index (χ4v) is 1.68. The number of aromatic nitrogens is 3. The Morgan fingerprint density at radius 3 is 3.05 bits per heavy atom. The molecule has 3 N–H and O–H groups in total. The molecule has 0 radical (unpaired) electrons. The van der Waals surface area contributed by atoms with Crippen LogP contribution in [0.25, 0.3) is 11.1 Å². The summed E-state index contributed by atoms with van der Waals surface area (Å²) in [5.74, 6) is 0.471. The van der Waals surface area contributed by atoms with Crippen molar-refractivity contribution in [3.8, 4) is 0 Å². The topological polar surface area (TPSA) is 123 Å². The maximum absolute atomic E-state index is 11.3. The van der Waals surface area contributed by atoms with E-state index < -0.39 is 5.56 Å². The van der Waals surface area contributed by atoms with E-state index in [1.54, 1.807) is 25.1 Å². The molecule has 96 valence electrons. The smallest absolute Gasteiger partial charge is 0.311 e. The van der Waals surface area contributed by atoms with Crippen molar-refractivity contribution in [3.05, 3.63) is 40.1 Å². The number of aromatic amines is 1. The van der Waals surface area contributed by atoms with Gasteiger partial charge < -0.3 is 10.2 Å². The van der Waals surface area contributed by atoms with Gasteiger partial charge in [0, 0.05) is 6.92 Å². The van der Waals surface area contributed by atoms with Crippen LogP contribution in [0.4, 0.5) is 5.69 Å². The molecule has 2 aromatic heterocycles. The average molecular weight is 259 g/mol. The van der Waals surface area contributed by atoms with Gasteiger partial charge in [0.15, 0.2) is 17.3 Å². The van der Waals surface area contributed by atoms with Gasteiger partial charge in [0.05, 0.1) is 5.69 Å². The Labute approximate surface area is 105 Å². The van der Waals surface area contributed by atoms with E-state index in [1.807, 2.05) is 5.16 Å². The largest absolute Gasteiger partial charge is 0.441 e. The molecule has 0 saturated heterocycles. The van der Waals surface area contributed by atoms with Crippen LogP contribution in [0.2, 0.25) is 0 Å². The molecule has 0 aliphatic heterocycles. The molecular weight excluding hydrogens is 250 g/mol. The molecule has 3 rings (SSSR count). The zero-order valence-electron chi connectivity index (χ0n) is 9.88. The van der Waals surface area contributed by atoms with Crippen molar-refractivity contribution in [2.75, 3.05) is 0 Å². The summed E-state index contributed by atoms with van der Waals surface area (Å²) in [5.41, 5.74) is 6.77. The third kappa shape index (κ3) is 1.88. The highest BCUT2D eigenvalue weighted by atomic mass is 16.6. The van der Waals surface area contributed by atoms with Crippen molar-refractivity contribution in [1.29, 1.82) is 0 Å². The van der Waals surface area contributed by atoms with Gasteiger partial charge in [-0.2, -0.15) is 5.16 Å². The highest BCUT2D eigenvalue weighted by Crippen LogP contribution is 2.25. The van der Waals surface area contributed by atoms with Gasteiger partial charge in [-0.25, -0.2) is 9.98 Å². The first-order chi connectivity index (χ1) is 9.15. The van der Waals surface area contributed by atoms with Gasteiger partial charge in [-0.1, -0.05) is 6.07 Å². The average Bonchev–Trinajstić information content (AvgIpc) is 2.94. The van der Waals surface area contributed by atoms with Gasteiger partial charge in [0.25, 0.3) is 0 Å². The summed E-state index contributed by atoms with van der Waals surface area (Å²) in [6.45, 7) is 1.74. The zero-order valence-corrected chi connectivity index (χ0v) is 9.88. The number of nitrogens with one attached hydrogen (secondary N) is 1. The summed E-state index contributed by atoms with van der Waals surface area (Å²) in [6, 6.07) is 5.24. The first kappa shape index (κ1) is 11.2. The number of hydrogen-bond donors (Lipinski definition) is 2. The highest BCUT2D eigenvalue weighted by Gasteiger charge is 2.12. The Balaban J connectivity index is 2.15. The molecule has 0 aliphatic rings. The number of para-hydroxylation sites is 1. The van der Waals surface area contributed by atoms with E-state index in [0.717, 1.165) is 0 Å². The molecule has 0 aliphatic carbocycles. The predicted octanol–water partition coefficient (Wildman–Crippen LogP) is 0.850. The van der Waals surface area contributed by atoms with E-state index >= 15 is 0 Å². The third-order valence-electron chi connectivity index (χ3n) is 2.48. The lowest BCUT2D eigenvalue weighted by Crippen LogP contribution is -2.21. The minimum atomic E-state index is -0.537. The summed E-state index contributed by atoms with van der Waals surface area (Å²) in [5, 5.41) is 5.49. The van der Waals surface area contributed by atoms with Crippen LogP contribution in [0, 0.1) is 6.92 Å². The van der Waals surface area contributed by atoms with Crippen molar-refractivity contribution in [2.24, 2.45) is 10.7 Å². The Hall–Kier alpha value is -2.90. The fraction of sp³-hybridized carbons (Fsp3) is 0.0909. The number of fused-ring (bicyclic) bond motifs is 1. The Kier molecular flexibility index (Phi) is 2.41. The number of hydrogen-bond acceptors (Lipinski definition) is 6. The maximum Gasteiger partial charge on any atom is 0.311 e. The van der Waals surface area contributed by atoms with E-state index in [-0.39, 0.29) is 11.5 Å². The quantitative estimate of drug-likeness (QED) is 0.519. The zero-order chi connectivity index (χ0) is 13.4. The van der Waals surface area contributed by atoms with Gasteiger partial charge in [-0.3, -0.25) is 9.42 Å². The molecule has 2 heterocycles. The van der Waals surface area contributed by atoms with Crippen molar-refractivity contribution in [1.82, 2.24) is 15.3 Å². The lowest BCUT2D eigenvalue weighted by molar-refractivity contribution is 0.303. The number of aryl methyl sites for hydroxylation is 1. The van der Waals surface area contributed by atoms with Crippen LogP contribution in [0.15, 0.2) is 37.0 Å². The molecule has 1 aromatic carbocycles. The molecule has 8 nitrogen and oxygen atoms in total. The predicted molar refractivity (Wildman–Crippen MR) is 66.3 cm³/mol. The summed E-state index contributed by atoms with van der Waals surface area (Å²) < 4.78 is 9.79. The van der Waals surface area contributed by atoms with Crippen LogP contribution in [0.5, 0.6) is 0 Å². The Morgan fingerprint density at radius 2 is 2.32 bits per heavy atom. The van der Waals surface area contributed by atoms with E-state index in [4.69, 9.17) is 10.2 Å². The monoisotopic (exact) mass is 259 g/mol. The van der Waals surface area contributed by atoms with Gasteiger partial charge >= 0.3 is 5.56 Å². The summed E-state index contributed by atoms with van der Waals surface area (Å²) >= 11 is 0. The van der Waals surface area contributed by atoms with Gasteiger partial charge in [-0.15, -0.1) is 0 Å². The number of amidine groups is 1. The Bertz CT molecular complexity index is 826. The number of benzene rings is 1. The van der Waals surface area contributed by atoms with Crippen LogP contribution in [-0.2, 0) is 0 Å². The van der Waals surface area contributed by atoms with Gasteiger partial charge in [0.1, 0.15) is 5.52 Å². The van der Waals surface area contributed by atoms with E-state index in [1.165, 1.54) is 0 Å². The normalized spacial score (nSPS) is 12.2. The highest BCUT2D eigenvalue weighted by molar-refractivity contribution is 5.99. The summed E-state index contributed by atoms with van der Waals surface area (Å²) in [6.07, 6.45) is 0. The minimum absolute atomic E-state index is 0.0526. The molecular formula is C11H9N5O3. The van der Waals surface area contributed by atoms with Crippen molar-refractivity contribution >= 4 is 22.6 Å². The molecule has 0 amide bonds. The number of oxazole rings is 1. The maximum atomic E-state index is 11.3. The molecule has 0 unspecified atom stereocenters. The van der Waals surface area contributed by atoms with Gasteiger partial charge in [-0.05, 0) is 17.3 Å². The molecule has 8 heteroatoms. The lowest BCUT2D eigenvalue weighted by Gasteiger charge is -1.96. The number of rotatable bonds is 2. The first-order valence-electron chi connectivity index (χ1n) is 5.40. The van der Waals surface area contributed by atoms with Crippen LogP contribution >= 0.6 is 0 Å². The molecule has 3 aromatic rings. The number of nitrogens with zero attached hydrogens (tertiary/aromatic N) is 3.